The number of amides is 1. The second-order valence-corrected chi connectivity index (χ2v) is 2.39. The van der Waals surface area contributed by atoms with Crippen molar-refractivity contribution >= 4 is 11.9 Å². The predicted octanol–water partition coefficient (Wildman–Crippen LogP) is 0.788. The number of carbonyl (C=O) groups excluding carboxylic acids is 1. The molecule has 0 aliphatic heterocycles. The van der Waals surface area contributed by atoms with Crippen LogP contribution in [0, 0.1) is 0 Å². The molecule has 0 atom stereocenters. The van der Waals surface area contributed by atoms with Crippen LogP contribution < -0.4 is 5.32 Å². The number of carbonyl (C=O) groups is 2. The third kappa shape index (κ3) is 23.4. The molecule has 0 aromatic rings. The van der Waals surface area contributed by atoms with Gasteiger partial charge in [0, 0.05) is 13.0 Å². The maximum absolute atomic E-state index is 10.4. The monoisotopic (exact) mass is 173 g/mol. The lowest BCUT2D eigenvalue weighted by Crippen LogP contribution is -2.27. The van der Waals surface area contributed by atoms with Crippen LogP contribution in [-0.4, -0.2) is 23.0 Å². The van der Waals surface area contributed by atoms with Crippen molar-refractivity contribution in [1.82, 2.24) is 5.32 Å². The Morgan fingerprint density at radius 2 is 1.83 bits per heavy atom. The zero-order chi connectivity index (χ0) is 10.1. The Kier molecular flexibility index (Phi) is 8.62. The van der Waals surface area contributed by atoms with Crippen LogP contribution in [0.2, 0.25) is 0 Å². The largest absolute Gasteiger partial charge is 0.481 e. The van der Waals surface area contributed by atoms with Gasteiger partial charge in [-0.1, -0.05) is 6.58 Å². The van der Waals surface area contributed by atoms with Gasteiger partial charge in [0.05, 0.1) is 0 Å². The molecule has 0 saturated heterocycles. The molecule has 0 aliphatic rings. The lowest BCUT2D eigenvalue weighted by Gasteiger charge is -2.02. The van der Waals surface area contributed by atoms with Crippen molar-refractivity contribution < 1.29 is 14.7 Å². The summed E-state index contributed by atoms with van der Waals surface area (Å²) in [4.78, 5) is 19.4. The van der Waals surface area contributed by atoms with E-state index in [2.05, 4.69) is 11.9 Å². The fourth-order valence-corrected chi connectivity index (χ4v) is 0.343. The Balaban J connectivity index is 0. The summed E-state index contributed by atoms with van der Waals surface area (Å²) in [7, 11) is 0. The molecular formula is C8H15NO3. The molecule has 70 valence electrons. The minimum Gasteiger partial charge on any atom is -0.481 e. The SMILES string of the molecule is C=CC(=O)NC(C)C.CC(=O)O. The minimum atomic E-state index is -0.833. The van der Waals surface area contributed by atoms with Crippen LogP contribution in [0.15, 0.2) is 12.7 Å². The van der Waals surface area contributed by atoms with Crippen molar-refractivity contribution in [3.63, 3.8) is 0 Å². The lowest BCUT2D eigenvalue weighted by molar-refractivity contribution is -0.134. The van der Waals surface area contributed by atoms with E-state index in [1.807, 2.05) is 13.8 Å². The van der Waals surface area contributed by atoms with Crippen LogP contribution in [-0.2, 0) is 9.59 Å². The van der Waals surface area contributed by atoms with Crippen molar-refractivity contribution in [2.24, 2.45) is 0 Å². The number of aliphatic carboxylic acids is 1. The Labute approximate surface area is 72.3 Å². The van der Waals surface area contributed by atoms with Crippen molar-refractivity contribution in [3.05, 3.63) is 12.7 Å². The van der Waals surface area contributed by atoms with Crippen LogP contribution >= 0.6 is 0 Å². The predicted molar refractivity (Wildman–Crippen MR) is 46.8 cm³/mol. The second kappa shape index (κ2) is 7.78. The minimum absolute atomic E-state index is 0.111. The number of hydrogen-bond acceptors (Lipinski definition) is 2. The first-order valence-electron chi connectivity index (χ1n) is 3.52. The van der Waals surface area contributed by atoms with E-state index >= 15 is 0 Å². The lowest BCUT2D eigenvalue weighted by atomic mass is 10.4. The van der Waals surface area contributed by atoms with Gasteiger partial charge in [0.1, 0.15) is 0 Å². The van der Waals surface area contributed by atoms with Crippen molar-refractivity contribution in [2.75, 3.05) is 0 Å². The highest BCUT2D eigenvalue weighted by Gasteiger charge is 1.93. The average molecular weight is 173 g/mol. The highest BCUT2D eigenvalue weighted by atomic mass is 16.4. The molecule has 4 heteroatoms. The summed E-state index contributed by atoms with van der Waals surface area (Å²) in [6.45, 7) is 8.19. The quantitative estimate of drug-likeness (QED) is 0.606. The molecule has 12 heavy (non-hydrogen) atoms. The summed E-state index contributed by atoms with van der Waals surface area (Å²) in [6.07, 6.45) is 1.26. The molecule has 0 heterocycles. The first-order chi connectivity index (χ1) is 5.40. The second-order valence-electron chi connectivity index (χ2n) is 2.39. The molecule has 0 aromatic carbocycles. The molecule has 0 aliphatic carbocycles. The smallest absolute Gasteiger partial charge is 0.300 e. The Hall–Kier alpha value is -1.32. The Morgan fingerprint density at radius 1 is 1.50 bits per heavy atom. The van der Waals surface area contributed by atoms with Crippen LogP contribution in [0.4, 0.5) is 0 Å². The topological polar surface area (TPSA) is 66.4 Å². The molecule has 0 spiro atoms. The molecule has 0 fully saturated rings. The van der Waals surface area contributed by atoms with E-state index in [1.165, 1.54) is 6.08 Å². The van der Waals surface area contributed by atoms with E-state index in [-0.39, 0.29) is 11.9 Å². The molecule has 0 rings (SSSR count). The van der Waals surface area contributed by atoms with E-state index < -0.39 is 5.97 Å². The van der Waals surface area contributed by atoms with Crippen LogP contribution in [0.25, 0.3) is 0 Å². The molecule has 0 radical (unpaired) electrons. The van der Waals surface area contributed by atoms with Crippen LogP contribution in [0.1, 0.15) is 20.8 Å². The first-order valence-corrected chi connectivity index (χ1v) is 3.52. The Morgan fingerprint density at radius 3 is 1.92 bits per heavy atom. The zero-order valence-corrected chi connectivity index (χ0v) is 7.63. The average Bonchev–Trinajstić information content (AvgIpc) is 1.84. The van der Waals surface area contributed by atoms with Crippen molar-refractivity contribution in [2.45, 2.75) is 26.8 Å². The molecule has 0 unspecified atom stereocenters. The van der Waals surface area contributed by atoms with Gasteiger partial charge >= 0.3 is 0 Å². The zero-order valence-electron chi connectivity index (χ0n) is 7.63. The molecular weight excluding hydrogens is 158 g/mol. The molecule has 0 bridgehead atoms. The number of nitrogens with one attached hydrogen (secondary N) is 1. The normalized spacial score (nSPS) is 8.00. The van der Waals surface area contributed by atoms with E-state index in [4.69, 9.17) is 9.90 Å². The fourth-order valence-electron chi connectivity index (χ4n) is 0.343. The van der Waals surface area contributed by atoms with Gasteiger partial charge in [0.15, 0.2) is 0 Å². The summed E-state index contributed by atoms with van der Waals surface area (Å²) in [5.41, 5.74) is 0. The summed E-state index contributed by atoms with van der Waals surface area (Å²) in [6, 6.07) is 0.209. The number of rotatable bonds is 2. The van der Waals surface area contributed by atoms with Gasteiger partial charge in [0.25, 0.3) is 5.97 Å². The number of carboxylic acids is 1. The molecule has 0 saturated carbocycles. The number of carboxylic acid groups (broad SMARTS) is 1. The van der Waals surface area contributed by atoms with E-state index in [1.54, 1.807) is 0 Å². The van der Waals surface area contributed by atoms with Crippen molar-refractivity contribution in [3.8, 4) is 0 Å². The van der Waals surface area contributed by atoms with E-state index in [0.717, 1.165) is 6.92 Å². The van der Waals surface area contributed by atoms with Gasteiger partial charge < -0.3 is 10.4 Å². The van der Waals surface area contributed by atoms with Gasteiger partial charge in [-0.3, -0.25) is 9.59 Å². The fraction of sp³-hybridized carbons (Fsp3) is 0.500. The summed E-state index contributed by atoms with van der Waals surface area (Å²) >= 11 is 0. The highest BCUT2D eigenvalue weighted by Crippen LogP contribution is 1.75. The van der Waals surface area contributed by atoms with Crippen LogP contribution in [0.5, 0.6) is 0 Å². The highest BCUT2D eigenvalue weighted by molar-refractivity contribution is 5.86. The van der Waals surface area contributed by atoms with E-state index in [0.29, 0.717) is 0 Å². The summed E-state index contributed by atoms with van der Waals surface area (Å²) in [5.74, 6) is -0.944. The van der Waals surface area contributed by atoms with Crippen molar-refractivity contribution in [1.29, 1.82) is 0 Å². The molecule has 2 N–H and O–H groups in total. The van der Waals surface area contributed by atoms with Crippen LogP contribution in [0.3, 0.4) is 0 Å². The van der Waals surface area contributed by atoms with Gasteiger partial charge in [-0.2, -0.15) is 0 Å². The third-order valence-corrected chi connectivity index (χ3v) is 0.616. The summed E-state index contributed by atoms with van der Waals surface area (Å²) in [5, 5.41) is 10.1. The molecule has 0 aromatic heterocycles. The number of hydrogen-bond donors (Lipinski definition) is 2. The maximum Gasteiger partial charge on any atom is 0.300 e. The first kappa shape index (κ1) is 13.3. The third-order valence-electron chi connectivity index (χ3n) is 0.616. The van der Waals surface area contributed by atoms with Gasteiger partial charge in [-0.05, 0) is 19.9 Å². The summed E-state index contributed by atoms with van der Waals surface area (Å²) < 4.78 is 0. The van der Waals surface area contributed by atoms with Gasteiger partial charge in [-0.25, -0.2) is 0 Å². The molecule has 4 nitrogen and oxygen atoms in total. The Bertz CT molecular complexity index is 160. The molecule has 1 amide bonds. The van der Waals surface area contributed by atoms with E-state index in [9.17, 15) is 4.79 Å². The maximum atomic E-state index is 10.4. The van der Waals surface area contributed by atoms with Gasteiger partial charge in [-0.15, -0.1) is 0 Å². The standard InChI is InChI=1S/C6H11NO.C2H4O2/c1-4-6(8)7-5(2)3;1-2(3)4/h4-5H,1H2,2-3H3,(H,7,8);1H3,(H,3,4). The van der Waals surface area contributed by atoms with Gasteiger partial charge in [0.2, 0.25) is 5.91 Å².